The normalized spacial score (nSPS) is 12.7. The van der Waals surface area contributed by atoms with E-state index in [-0.39, 0.29) is 18.7 Å². The number of amides is 2. The van der Waals surface area contributed by atoms with E-state index < -0.39 is 17.9 Å². The third-order valence-electron chi connectivity index (χ3n) is 4.37. The molecule has 0 rings (SSSR count). The maximum atomic E-state index is 11.8. The van der Waals surface area contributed by atoms with Gasteiger partial charge < -0.3 is 16.2 Å². The number of nitrogens with two attached hydrogens (primary N) is 1. The quantitative estimate of drug-likeness (QED) is 0.231. The van der Waals surface area contributed by atoms with Crippen molar-refractivity contribution in [2.75, 3.05) is 0 Å². The van der Waals surface area contributed by atoms with Gasteiger partial charge in [0.1, 0.15) is 6.04 Å². The van der Waals surface area contributed by atoms with Crippen molar-refractivity contribution in [2.45, 2.75) is 90.0 Å². The highest BCUT2D eigenvalue weighted by Gasteiger charge is 2.20. The monoisotopic (exact) mass is 406 g/mol. The molecule has 0 aliphatic heterocycles. The van der Waals surface area contributed by atoms with E-state index >= 15 is 0 Å². The first kappa shape index (κ1) is 26.6. The highest BCUT2D eigenvalue weighted by Crippen LogP contribution is 2.08. The number of rotatable bonds is 18. The Bertz CT molecular complexity index is 553. The predicted molar refractivity (Wildman–Crippen MR) is 117 cm³/mol. The lowest BCUT2D eigenvalue weighted by Gasteiger charge is -2.13. The van der Waals surface area contributed by atoms with Gasteiger partial charge in [-0.15, -0.1) is 0 Å². The average molecular weight is 407 g/mol. The van der Waals surface area contributed by atoms with Gasteiger partial charge in [-0.2, -0.15) is 0 Å². The minimum atomic E-state index is -1.14. The second-order valence-electron chi connectivity index (χ2n) is 7.06. The third-order valence-corrected chi connectivity index (χ3v) is 4.37. The van der Waals surface area contributed by atoms with E-state index in [4.69, 9.17) is 10.8 Å². The second kappa shape index (κ2) is 19.0. The van der Waals surface area contributed by atoms with Gasteiger partial charge in [-0.25, -0.2) is 4.79 Å². The number of aliphatic carboxylic acids is 1. The summed E-state index contributed by atoms with van der Waals surface area (Å²) in [6.45, 7) is 2.13. The molecule has 0 aromatic heterocycles. The van der Waals surface area contributed by atoms with Gasteiger partial charge in [-0.3, -0.25) is 9.59 Å². The molecule has 2 amide bonds. The van der Waals surface area contributed by atoms with Crippen LogP contribution < -0.4 is 11.1 Å². The number of primary amides is 1. The van der Waals surface area contributed by atoms with Crippen LogP contribution in [0.15, 0.2) is 36.5 Å². The molecule has 0 heterocycles. The molecule has 0 spiro atoms. The van der Waals surface area contributed by atoms with E-state index in [2.05, 4.69) is 48.7 Å². The van der Waals surface area contributed by atoms with Gasteiger partial charge in [-0.05, 0) is 44.9 Å². The maximum Gasteiger partial charge on any atom is 0.326 e. The summed E-state index contributed by atoms with van der Waals surface area (Å²) in [7, 11) is 0. The van der Waals surface area contributed by atoms with Crippen molar-refractivity contribution in [1.29, 1.82) is 0 Å². The standard InChI is InChI=1S/C23H38N2O4/c1-2-3-4-5-6-7-8-9-10-11-12-13-14-15-16-17-22(27)25-20(23(28)29)18-19-21(24)26/h3-4,6-7,9-10,20H,2,5,8,11-19H2,1H3,(H2,24,26)(H,25,27)(H,28,29)/b4-3+,7-6+,10-9+/t20-/m0/s1. The number of allylic oxidation sites excluding steroid dienone is 6. The molecule has 164 valence electrons. The predicted octanol–water partition coefficient (Wildman–Crippen LogP) is 4.41. The molecule has 29 heavy (non-hydrogen) atoms. The largest absolute Gasteiger partial charge is 0.480 e. The number of hydrogen-bond donors (Lipinski definition) is 3. The van der Waals surface area contributed by atoms with Crippen LogP contribution in [0.3, 0.4) is 0 Å². The van der Waals surface area contributed by atoms with E-state index in [1.807, 2.05) is 0 Å². The third kappa shape index (κ3) is 18.7. The van der Waals surface area contributed by atoms with Crippen molar-refractivity contribution >= 4 is 17.8 Å². The molecule has 0 aromatic rings. The number of carbonyl (C=O) groups excluding carboxylic acids is 2. The van der Waals surface area contributed by atoms with Gasteiger partial charge in [0.2, 0.25) is 11.8 Å². The van der Waals surface area contributed by atoms with Gasteiger partial charge in [0.15, 0.2) is 0 Å². The van der Waals surface area contributed by atoms with Gasteiger partial charge in [0, 0.05) is 12.8 Å². The van der Waals surface area contributed by atoms with Crippen LogP contribution in [0.25, 0.3) is 0 Å². The lowest BCUT2D eigenvalue weighted by atomic mass is 10.1. The summed E-state index contributed by atoms with van der Waals surface area (Å²) in [5.41, 5.74) is 5.02. The molecule has 0 saturated heterocycles. The number of carboxylic acids is 1. The Morgan fingerprint density at radius 2 is 1.45 bits per heavy atom. The summed E-state index contributed by atoms with van der Waals surface area (Å²) in [5.74, 6) is -2.00. The van der Waals surface area contributed by atoms with Crippen LogP contribution in [-0.4, -0.2) is 28.9 Å². The Kier molecular flexibility index (Phi) is 17.4. The van der Waals surface area contributed by atoms with Gasteiger partial charge in [0.05, 0.1) is 0 Å². The summed E-state index contributed by atoms with van der Waals surface area (Å²) in [6.07, 6.45) is 22.6. The first-order chi connectivity index (χ1) is 14.0. The van der Waals surface area contributed by atoms with E-state index in [1.165, 1.54) is 0 Å². The number of unbranched alkanes of at least 4 members (excludes halogenated alkanes) is 5. The fourth-order valence-electron chi connectivity index (χ4n) is 2.72. The summed E-state index contributed by atoms with van der Waals surface area (Å²) in [4.78, 5) is 33.7. The Morgan fingerprint density at radius 1 is 0.862 bits per heavy atom. The molecule has 4 N–H and O–H groups in total. The molecule has 0 aliphatic carbocycles. The Morgan fingerprint density at radius 3 is 2.07 bits per heavy atom. The maximum absolute atomic E-state index is 11.8. The minimum Gasteiger partial charge on any atom is -0.480 e. The first-order valence-corrected chi connectivity index (χ1v) is 10.7. The van der Waals surface area contributed by atoms with Crippen LogP contribution in [0.4, 0.5) is 0 Å². The molecule has 0 aromatic carbocycles. The lowest BCUT2D eigenvalue weighted by Crippen LogP contribution is -2.41. The lowest BCUT2D eigenvalue weighted by molar-refractivity contribution is -0.142. The van der Waals surface area contributed by atoms with Crippen LogP contribution in [0.2, 0.25) is 0 Å². The van der Waals surface area contributed by atoms with Crippen molar-refractivity contribution < 1.29 is 19.5 Å². The number of hydrogen-bond acceptors (Lipinski definition) is 3. The Balaban J connectivity index is 3.65. The molecule has 6 nitrogen and oxygen atoms in total. The second-order valence-corrected chi connectivity index (χ2v) is 7.06. The van der Waals surface area contributed by atoms with Gasteiger partial charge >= 0.3 is 5.97 Å². The van der Waals surface area contributed by atoms with E-state index in [0.717, 1.165) is 57.8 Å². The van der Waals surface area contributed by atoms with Crippen LogP contribution in [0.5, 0.6) is 0 Å². The van der Waals surface area contributed by atoms with Crippen molar-refractivity contribution in [1.82, 2.24) is 5.32 Å². The topological polar surface area (TPSA) is 109 Å². The van der Waals surface area contributed by atoms with E-state index in [1.54, 1.807) is 0 Å². The Hall–Kier alpha value is -2.37. The van der Waals surface area contributed by atoms with Gasteiger partial charge in [0.25, 0.3) is 0 Å². The fraction of sp³-hybridized carbons (Fsp3) is 0.609. The first-order valence-electron chi connectivity index (χ1n) is 10.7. The molecular weight excluding hydrogens is 368 g/mol. The minimum absolute atomic E-state index is 0.0234. The molecule has 0 saturated carbocycles. The van der Waals surface area contributed by atoms with Crippen LogP contribution >= 0.6 is 0 Å². The molecule has 0 unspecified atom stereocenters. The number of carboxylic acid groups (broad SMARTS) is 1. The van der Waals surface area contributed by atoms with Crippen LogP contribution in [0.1, 0.15) is 84.0 Å². The molecular formula is C23H38N2O4. The zero-order valence-corrected chi connectivity index (χ0v) is 17.8. The highest BCUT2D eigenvalue weighted by molar-refractivity contribution is 5.84. The fourth-order valence-corrected chi connectivity index (χ4v) is 2.72. The molecule has 0 radical (unpaired) electrons. The Labute approximate surface area is 175 Å². The number of nitrogens with one attached hydrogen (secondary N) is 1. The highest BCUT2D eigenvalue weighted by atomic mass is 16.4. The summed E-state index contributed by atoms with van der Waals surface area (Å²) < 4.78 is 0. The zero-order valence-electron chi connectivity index (χ0n) is 17.8. The summed E-state index contributed by atoms with van der Waals surface area (Å²) in [6, 6.07) is -1.05. The number of carbonyl (C=O) groups is 3. The molecule has 0 bridgehead atoms. The smallest absolute Gasteiger partial charge is 0.326 e. The molecule has 1 atom stereocenters. The average Bonchev–Trinajstić information content (AvgIpc) is 2.67. The summed E-state index contributed by atoms with van der Waals surface area (Å²) in [5, 5.41) is 11.5. The van der Waals surface area contributed by atoms with Crippen LogP contribution in [0, 0.1) is 0 Å². The van der Waals surface area contributed by atoms with E-state index in [0.29, 0.717) is 6.42 Å². The van der Waals surface area contributed by atoms with E-state index in [9.17, 15) is 14.4 Å². The SMILES string of the molecule is CC/C=C/C/C=C/C/C=C/CCCCCCCC(=O)N[C@@H](CCC(N)=O)C(=O)O. The van der Waals surface area contributed by atoms with Crippen molar-refractivity contribution in [3.8, 4) is 0 Å². The van der Waals surface area contributed by atoms with Crippen molar-refractivity contribution in [3.63, 3.8) is 0 Å². The summed E-state index contributed by atoms with van der Waals surface area (Å²) >= 11 is 0. The van der Waals surface area contributed by atoms with Gasteiger partial charge in [-0.1, -0.05) is 62.6 Å². The van der Waals surface area contributed by atoms with Crippen molar-refractivity contribution in [3.05, 3.63) is 36.5 Å². The molecule has 6 heteroatoms. The van der Waals surface area contributed by atoms with Crippen molar-refractivity contribution in [2.24, 2.45) is 5.73 Å². The molecule has 0 fully saturated rings. The zero-order chi connectivity index (χ0) is 21.7. The molecule has 0 aliphatic rings. The van der Waals surface area contributed by atoms with Crippen LogP contribution in [-0.2, 0) is 14.4 Å².